The van der Waals surface area contributed by atoms with Crippen LogP contribution in [0.1, 0.15) is 33.1 Å². The van der Waals surface area contributed by atoms with Gasteiger partial charge in [-0.3, -0.25) is 9.69 Å². The summed E-state index contributed by atoms with van der Waals surface area (Å²) < 4.78 is 0. The van der Waals surface area contributed by atoms with Gasteiger partial charge in [0.2, 0.25) is 0 Å². The van der Waals surface area contributed by atoms with Crippen molar-refractivity contribution in [3.05, 3.63) is 0 Å². The summed E-state index contributed by atoms with van der Waals surface area (Å²) in [4.78, 5) is 15.2. The highest BCUT2D eigenvalue weighted by Crippen LogP contribution is 2.12. The van der Waals surface area contributed by atoms with Gasteiger partial charge in [-0.05, 0) is 18.9 Å². The smallest absolute Gasteiger partial charge is 0.317 e. The van der Waals surface area contributed by atoms with Gasteiger partial charge < -0.3 is 10.0 Å². The normalized spacial score (nSPS) is 19.5. The summed E-state index contributed by atoms with van der Waals surface area (Å²) in [6, 6.07) is 0. The van der Waals surface area contributed by atoms with Gasteiger partial charge in [0.1, 0.15) is 0 Å². The molecule has 0 saturated carbocycles. The van der Waals surface area contributed by atoms with Gasteiger partial charge in [0.25, 0.3) is 0 Å². The van der Waals surface area contributed by atoms with Gasteiger partial charge in [-0.25, -0.2) is 0 Å². The van der Waals surface area contributed by atoms with Crippen LogP contribution in [0, 0.1) is 5.92 Å². The number of nitrogens with zero attached hydrogens (tertiary/aromatic N) is 2. The molecule has 0 aromatic heterocycles. The summed E-state index contributed by atoms with van der Waals surface area (Å²) in [5.74, 6) is 0.0828. The minimum Gasteiger partial charge on any atom is -0.480 e. The first-order chi connectivity index (χ1) is 8.15. The summed E-state index contributed by atoms with van der Waals surface area (Å²) in [6.45, 7) is 9.83. The SMILES string of the molecule is CCC(CC)CN1CCCN(CC(=O)O)CC1. The van der Waals surface area contributed by atoms with Gasteiger partial charge >= 0.3 is 5.97 Å². The molecule has 1 N–H and O–H groups in total. The van der Waals surface area contributed by atoms with Crippen LogP contribution >= 0.6 is 0 Å². The predicted octanol–water partition coefficient (Wildman–Crippen LogP) is 1.51. The van der Waals surface area contributed by atoms with Gasteiger partial charge in [0.15, 0.2) is 0 Å². The first-order valence-electron chi connectivity index (χ1n) is 6.82. The van der Waals surface area contributed by atoms with Gasteiger partial charge in [-0.15, -0.1) is 0 Å². The molecule has 1 aliphatic heterocycles. The lowest BCUT2D eigenvalue weighted by Crippen LogP contribution is -2.35. The van der Waals surface area contributed by atoms with E-state index in [9.17, 15) is 4.79 Å². The molecule has 1 heterocycles. The molecule has 1 rings (SSSR count). The second kappa shape index (κ2) is 7.67. The molecule has 1 saturated heterocycles. The summed E-state index contributed by atoms with van der Waals surface area (Å²) in [5.41, 5.74) is 0. The van der Waals surface area contributed by atoms with Crippen LogP contribution in [0.5, 0.6) is 0 Å². The van der Waals surface area contributed by atoms with E-state index in [-0.39, 0.29) is 6.54 Å². The molecule has 17 heavy (non-hydrogen) atoms. The fraction of sp³-hybridized carbons (Fsp3) is 0.923. The molecule has 0 unspecified atom stereocenters. The fourth-order valence-corrected chi connectivity index (χ4v) is 2.47. The molecule has 0 spiro atoms. The monoisotopic (exact) mass is 242 g/mol. The van der Waals surface area contributed by atoms with Crippen LogP contribution < -0.4 is 0 Å². The van der Waals surface area contributed by atoms with Crippen LogP contribution in [-0.2, 0) is 4.79 Å². The van der Waals surface area contributed by atoms with Crippen LogP contribution in [0.2, 0.25) is 0 Å². The van der Waals surface area contributed by atoms with Crippen molar-refractivity contribution in [2.45, 2.75) is 33.1 Å². The molecular weight excluding hydrogens is 216 g/mol. The second-order valence-corrected chi connectivity index (χ2v) is 5.01. The van der Waals surface area contributed by atoms with E-state index in [1.807, 2.05) is 0 Å². The van der Waals surface area contributed by atoms with E-state index < -0.39 is 5.97 Å². The Morgan fingerprint density at radius 2 is 1.71 bits per heavy atom. The summed E-state index contributed by atoms with van der Waals surface area (Å²) in [7, 11) is 0. The highest BCUT2D eigenvalue weighted by atomic mass is 16.4. The van der Waals surface area contributed by atoms with Crippen molar-refractivity contribution < 1.29 is 9.90 Å². The number of carboxylic acid groups (broad SMARTS) is 1. The zero-order valence-electron chi connectivity index (χ0n) is 11.2. The molecule has 0 amide bonds. The minimum atomic E-state index is -0.710. The van der Waals surface area contributed by atoms with Crippen LogP contribution in [0.4, 0.5) is 0 Å². The molecule has 0 aromatic rings. The van der Waals surface area contributed by atoms with Crippen LogP contribution in [0.3, 0.4) is 0 Å². The largest absolute Gasteiger partial charge is 0.480 e. The lowest BCUT2D eigenvalue weighted by atomic mass is 10.0. The van der Waals surface area contributed by atoms with E-state index in [0.717, 1.165) is 38.5 Å². The zero-order chi connectivity index (χ0) is 12.7. The Morgan fingerprint density at radius 3 is 2.29 bits per heavy atom. The highest BCUT2D eigenvalue weighted by Gasteiger charge is 2.18. The lowest BCUT2D eigenvalue weighted by Gasteiger charge is -2.25. The van der Waals surface area contributed by atoms with Gasteiger partial charge in [-0.1, -0.05) is 26.7 Å². The number of rotatable bonds is 6. The third kappa shape index (κ3) is 5.50. The van der Waals surface area contributed by atoms with Crippen molar-refractivity contribution in [2.24, 2.45) is 5.92 Å². The van der Waals surface area contributed by atoms with Gasteiger partial charge in [0.05, 0.1) is 6.54 Å². The van der Waals surface area contributed by atoms with E-state index in [1.54, 1.807) is 0 Å². The third-order valence-electron chi connectivity index (χ3n) is 3.71. The number of aliphatic carboxylic acids is 1. The maximum Gasteiger partial charge on any atom is 0.317 e. The molecule has 100 valence electrons. The van der Waals surface area contributed by atoms with Crippen molar-refractivity contribution in [2.75, 3.05) is 39.3 Å². The highest BCUT2D eigenvalue weighted by molar-refractivity contribution is 5.69. The van der Waals surface area contributed by atoms with Gasteiger partial charge in [-0.2, -0.15) is 0 Å². The topological polar surface area (TPSA) is 43.8 Å². The van der Waals surface area contributed by atoms with Crippen molar-refractivity contribution >= 4 is 5.97 Å². The molecule has 0 aliphatic carbocycles. The van der Waals surface area contributed by atoms with Crippen LogP contribution in [0.15, 0.2) is 0 Å². The fourth-order valence-electron chi connectivity index (χ4n) is 2.47. The molecular formula is C13H26N2O2. The third-order valence-corrected chi connectivity index (χ3v) is 3.71. The number of hydrogen-bond acceptors (Lipinski definition) is 3. The average Bonchev–Trinajstić information content (AvgIpc) is 2.51. The Bertz CT molecular complexity index is 229. The summed E-state index contributed by atoms with van der Waals surface area (Å²) in [6.07, 6.45) is 3.57. The molecule has 1 aliphatic rings. The molecule has 4 heteroatoms. The standard InChI is InChI=1S/C13H26N2O2/c1-3-12(4-2)10-14-6-5-7-15(9-8-14)11-13(16)17/h12H,3-11H2,1-2H3,(H,16,17). The summed E-state index contributed by atoms with van der Waals surface area (Å²) >= 11 is 0. The maximum atomic E-state index is 10.7. The molecule has 1 fully saturated rings. The van der Waals surface area contributed by atoms with Gasteiger partial charge in [0, 0.05) is 26.2 Å². The van der Waals surface area contributed by atoms with Crippen LogP contribution in [-0.4, -0.2) is 60.1 Å². The van der Waals surface area contributed by atoms with Crippen LogP contribution in [0.25, 0.3) is 0 Å². The van der Waals surface area contributed by atoms with E-state index in [2.05, 4.69) is 23.6 Å². The minimum absolute atomic E-state index is 0.193. The van der Waals surface area contributed by atoms with Crippen molar-refractivity contribution in [1.82, 2.24) is 9.80 Å². The molecule has 0 atom stereocenters. The van der Waals surface area contributed by atoms with Crippen molar-refractivity contribution in [1.29, 1.82) is 0 Å². The number of carboxylic acids is 1. The first kappa shape index (κ1) is 14.5. The van der Waals surface area contributed by atoms with E-state index in [4.69, 9.17) is 5.11 Å². The van der Waals surface area contributed by atoms with E-state index in [1.165, 1.54) is 19.4 Å². The molecule has 4 nitrogen and oxygen atoms in total. The quantitative estimate of drug-likeness (QED) is 0.767. The number of hydrogen-bond donors (Lipinski definition) is 1. The maximum absolute atomic E-state index is 10.7. The zero-order valence-corrected chi connectivity index (χ0v) is 11.2. The Kier molecular flexibility index (Phi) is 6.52. The lowest BCUT2D eigenvalue weighted by molar-refractivity contribution is -0.138. The Hall–Kier alpha value is -0.610. The molecule has 0 bridgehead atoms. The molecule has 0 radical (unpaired) electrons. The first-order valence-corrected chi connectivity index (χ1v) is 6.82. The molecule has 0 aromatic carbocycles. The van der Waals surface area contributed by atoms with Crippen molar-refractivity contribution in [3.8, 4) is 0 Å². The number of carbonyl (C=O) groups is 1. The predicted molar refractivity (Wildman–Crippen MR) is 69.2 cm³/mol. The Labute approximate surface area is 105 Å². The summed E-state index contributed by atoms with van der Waals surface area (Å²) in [5, 5.41) is 8.79. The Morgan fingerprint density at radius 1 is 1.12 bits per heavy atom. The Balaban J connectivity index is 2.34. The van der Waals surface area contributed by atoms with E-state index in [0.29, 0.717) is 0 Å². The van der Waals surface area contributed by atoms with Crippen molar-refractivity contribution in [3.63, 3.8) is 0 Å². The van der Waals surface area contributed by atoms with E-state index >= 15 is 0 Å². The average molecular weight is 242 g/mol. The second-order valence-electron chi connectivity index (χ2n) is 5.01.